The predicted molar refractivity (Wildman–Crippen MR) is 76.3 cm³/mol. The zero-order valence-corrected chi connectivity index (χ0v) is 11.6. The van der Waals surface area contributed by atoms with Crippen LogP contribution < -0.4 is 5.32 Å². The minimum absolute atomic E-state index is 0.698. The van der Waals surface area contributed by atoms with Gasteiger partial charge in [-0.15, -0.1) is 5.10 Å². The van der Waals surface area contributed by atoms with Gasteiger partial charge in [0.1, 0.15) is 0 Å². The Balaban J connectivity index is 1.67. The zero-order valence-electron chi connectivity index (χ0n) is 11.6. The van der Waals surface area contributed by atoms with E-state index in [4.69, 9.17) is 4.74 Å². The number of ether oxygens (including phenoxy) is 1. The van der Waals surface area contributed by atoms with Gasteiger partial charge in [0.15, 0.2) is 5.82 Å². The summed E-state index contributed by atoms with van der Waals surface area (Å²) < 4.78 is 7.06. The van der Waals surface area contributed by atoms with Gasteiger partial charge in [-0.2, -0.15) is 0 Å². The Morgan fingerprint density at radius 1 is 1.35 bits per heavy atom. The molecule has 106 valence electrons. The lowest BCUT2D eigenvalue weighted by molar-refractivity contribution is 0.0699. The second kappa shape index (κ2) is 6.00. The van der Waals surface area contributed by atoms with Crippen LogP contribution in [-0.4, -0.2) is 40.0 Å². The first-order chi connectivity index (χ1) is 9.83. The fourth-order valence-corrected chi connectivity index (χ4v) is 2.45. The van der Waals surface area contributed by atoms with Crippen molar-refractivity contribution in [3.8, 4) is 11.4 Å². The number of hydrogen-bond acceptors (Lipinski definition) is 5. The van der Waals surface area contributed by atoms with Crippen LogP contribution in [-0.2, 0) is 11.8 Å². The lowest BCUT2D eigenvalue weighted by atomic mass is 10.0. The molecule has 1 fully saturated rings. The van der Waals surface area contributed by atoms with Crippen LogP contribution >= 0.6 is 0 Å². The number of rotatable bonds is 4. The van der Waals surface area contributed by atoms with E-state index in [-0.39, 0.29) is 0 Å². The lowest BCUT2D eigenvalue weighted by Crippen LogP contribution is -2.22. The van der Waals surface area contributed by atoms with E-state index in [1.54, 1.807) is 4.68 Å². The maximum atomic E-state index is 5.38. The minimum Gasteiger partial charge on any atom is -0.385 e. The molecule has 0 radical (unpaired) electrons. The van der Waals surface area contributed by atoms with Crippen molar-refractivity contribution < 1.29 is 4.74 Å². The topological polar surface area (TPSA) is 64.9 Å². The first-order valence-electron chi connectivity index (χ1n) is 6.97. The molecule has 1 aromatic carbocycles. The number of nitrogens with zero attached hydrogens (tertiary/aromatic N) is 4. The van der Waals surface area contributed by atoms with Crippen molar-refractivity contribution in [2.45, 2.75) is 12.8 Å². The molecule has 0 amide bonds. The zero-order chi connectivity index (χ0) is 13.8. The van der Waals surface area contributed by atoms with Gasteiger partial charge in [-0.1, -0.05) is 12.1 Å². The van der Waals surface area contributed by atoms with E-state index in [0.717, 1.165) is 49.7 Å². The molecule has 1 saturated heterocycles. The summed E-state index contributed by atoms with van der Waals surface area (Å²) >= 11 is 0. The van der Waals surface area contributed by atoms with Crippen molar-refractivity contribution in [2.24, 2.45) is 13.0 Å². The highest BCUT2D eigenvalue weighted by Gasteiger charge is 2.13. The molecular weight excluding hydrogens is 254 g/mol. The Bertz CT molecular complexity index is 562. The van der Waals surface area contributed by atoms with E-state index < -0.39 is 0 Å². The Morgan fingerprint density at radius 2 is 2.20 bits per heavy atom. The molecule has 20 heavy (non-hydrogen) atoms. The first kappa shape index (κ1) is 13.1. The maximum Gasteiger partial charge on any atom is 0.181 e. The summed E-state index contributed by atoms with van der Waals surface area (Å²) in [6.45, 7) is 2.76. The predicted octanol–water partition coefficient (Wildman–Crippen LogP) is 1.72. The second-order valence-corrected chi connectivity index (χ2v) is 5.14. The molecule has 1 aromatic heterocycles. The molecule has 2 aromatic rings. The average molecular weight is 273 g/mol. The molecule has 2 heterocycles. The number of nitrogens with one attached hydrogen (secondary N) is 1. The number of benzene rings is 1. The Hall–Kier alpha value is -1.95. The van der Waals surface area contributed by atoms with Crippen molar-refractivity contribution in [2.75, 3.05) is 25.1 Å². The fraction of sp³-hybridized carbons (Fsp3) is 0.500. The smallest absolute Gasteiger partial charge is 0.181 e. The van der Waals surface area contributed by atoms with Crippen LogP contribution in [0.25, 0.3) is 11.4 Å². The van der Waals surface area contributed by atoms with Crippen molar-refractivity contribution in [1.82, 2.24) is 20.2 Å². The second-order valence-electron chi connectivity index (χ2n) is 5.14. The van der Waals surface area contributed by atoms with Gasteiger partial charge >= 0.3 is 0 Å². The monoisotopic (exact) mass is 273 g/mol. The summed E-state index contributed by atoms with van der Waals surface area (Å²) in [5, 5.41) is 15.1. The number of aryl methyl sites for hydroxylation is 1. The van der Waals surface area contributed by atoms with Gasteiger partial charge in [-0.05, 0) is 41.3 Å². The number of aromatic nitrogens is 4. The average Bonchev–Trinajstić information content (AvgIpc) is 2.93. The summed E-state index contributed by atoms with van der Waals surface area (Å²) in [4.78, 5) is 0. The summed E-state index contributed by atoms with van der Waals surface area (Å²) in [5.74, 6) is 1.48. The molecule has 0 aliphatic carbocycles. The van der Waals surface area contributed by atoms with Crippen LogP contribution in [0.15, 0.2) is 24.3 Å². The summed E-state index contributed by atoms with van der Waals surface area (Å²) in [7, 11) is 1.84. The van der Waals surface area contributed by atoms with Gasteiger partial charge in [0.2, 0.25) is 0 Å². The van der Waals surface area contributed by atoms with Crippen molar-refractivity contribution in [1.29, 1.82) is 0 Å². The molecule has 0 bridgehead atoms. The van der Waals surface area contributed by atoms with Gasteiger partial charge in [0.25, 0.3) is 0 Å². The van der Waals surface area contributed by atoms with Gasteiger partial charge in [0, 0.05) is 38.1 Å². The van der Waals surface area contributed by atoms with Crippen LogP contribution in [0.5, 0.6) is 0 Å². The van der Waals surface area contributed by atoms with Crippen LogP contribution in [0.1, 0.15) is 12.8 Å². The highest BCUT2D eigenvalue weighted by atomic mass is 16.5. The summed E-state index contributed by atoms with van der Waals surface area (Å²) in [5.41, 5.74) is 2.13. The van der Waals surface area contributed by atoms with Gasteiger partial charge in [-0.25, -0.2) is 4.68 Å². The van der Waals surface area contributed by atoms with E-state index in [1.165, 1.54) is 0 Å². The first-order valence-corrected chi connectivity index (χ1v) is 6.97. The third-order valence-corrected chi connectivity index (χ3v) is 3.68. The lowest BCUT2D eigenvalue weighted by Gasteiger charge is -2.22. The largest absolute Gasteiger partial charge is 0.385 e. The van der Waals surface area contributed by atoms with E-state index in [0.29, 0.717) is 5.92 Å². The molecule has 6 nitrogen and oxygen atoms in total. The normalized spacial score (nSPS) is 16.2. The SMILES string of the molecule is Cn1nnnc1-c1cccc(NCC2CCOCC2)c1. The molecule has 0 atom stereocenters. The van der Waals surface area contributed by atoms with Crippen molar-refractivity contribution in [3.63, 3.8) is 0 Å². The summed E-state index contributed by atoms with van der Waals surface area (Å²) in [6.07, 6.45) is 2.28. The molecular formula is C14H19N5O. The van der Waals surface area contributed by atoms with Crippen molar-refractivity contribution in [3.05, 3.63) is 24.3 Å². The Kier molecular flexibility index (Phi) is 3.92. The Morgan fingerprint density at radius 3 is 2.95 bits per heavy atom. The van der Waals surface area contributed by atoms with Crippen molar-refractivity contribution >= 4 is 5.69 Å². The van der Waals surface area contributed by atoms with E-state index in [9.17, 15) is 0 Å². The Labute approximate surface area is 118 Å². The maximum absolute atomic E-state index is 5.38. The summed E-state index contributed by atoms with van der Waals surface area (Å²) in [6, 6.07) is 8.21. The minimum atomic E-state index is 0.698. The number of tetrazole rings is 1. The third-order valence-electron chi connectivity index (χ3n) is 3.68. The van der Waals surface area contributed by atoms with Crippen LogP contribution in [0.2, 0.25) is 0 Å². The molecule has 6 heteroatoms. The number of hydrogen-bond donors (Lipinski definition) is 1. The van der Waals surface area contributed by atoms with E-state index >= 15 is 0 Å². The van der Waals surface area contributed by atoms with Crippen LogP contribution in [0, 0.1) is 5.92 Å². The quantitative estimate of drug-likeness (QED) is 0.918. The third kappa shape index (κ3) is 2.96. The van der Waals surface area contributed by atoms with E-state index in [1.807, 2.05) is 19.2 Å². The fourth-order valence-electron chi connectivity index (χ4n) is 2.45. The molecule has 1 aliphatic heterocycles. The molecule has 3 rings (SSSR count). The molecule has 0 spiro atoms. The molecule has 1 aliphatic rings. The standard InChI is InChI=1S/C14H19N5O/c1-19-14(16-17-18-19)12-3-2-4-13(9-12)15-10-11-5-7-20-8-6-11/h2-4,9,11,15H,5-8,10H2,1H3. The van der Waals surface area contributed by atoms with Gasteiger partial charge in [0.05, 0.1) is 0 Å². The van der Waals surface area contributed by atoms with Gasteiger partial charge in [-0.3, -0.25) is 0 Å². The number of anilines is 1. The molecule has 0 saturated carbocycles. The molecule has 1 N–H and O–H groups in total. The molecule has 0 unspecified atom stereocenters. The highest BCUT2D eigenvalue weighted by Crippen LogP contribution is 2.21. The highest BCUT2D eigenvalue weighted by molar-refractivity contribution is 5.62. The van der Waals surface area contributed by atoms with Crippen LogP contribution in [0.4, 0.5) is 5.69 Å². The van der Waals surface area contributed by atoms with Crippen LogP contribution in [0.3, 0.4) is 0 Å². The van der Waals surface area contributed by atoms with Gasteiger partial charge < -0.3 is 10.1 Å². The van der Waals surface area contributed by atoms with E-state index in [2.05, 4.69) is 33.0 Å².